The first-order chi connectivity index (χ1) is 15.2. The Labute approximate surface area is 179 Å². The van der Waals surface area contributed by atoms with Crippen molar-refractivity contribution in [3.05, 3.63) is 96.2 Å². The van der Waals surface area contributed by atoms with Gasteiger partial charge in [0.1, 0.15) is 11.5 Å². The molecule has 0 bridgehead atoms. The molecule has 0 N–H and O–H groups in total. The van der Waals surface area contributed by atoms with E-state index in [-0.39, 0.29) is 5.69 Å². The van der Waals surface area contributed by atoms with Crippen molar-refractivity contribution in [3.8, 4) is 22.8 Å². The summed E-state index contributed by atoms with van der Waals surface area (Å²) in [6.07, 6.45) is 1.74. The van der Waals surface area contributed by atoms with Gasteiger partial charge in [-0.3, -0.25) is 4.99 Å². The SMILES string of the molecule is CCOc1ccccc1C=Nc1ccc(OC(=O)c2cc(-c3ccccc3)on2)cc1. The zero-order valence-corrected chi connectivity index (χ0v) is 16.9. The number of esters is 1. The molecule has 6 nitrogen and oxygen atoms in total. The van der Waals surface area contributed by atoms with Crippen LogP contribution in [0.3, 0.4) is 0 Å². The lowest BCUT2D eigenvalue weighted by molar-refractivity contribution is 0.0724. The van der Waals surface area contributed by atoms with Crippen molar-refractivity contribution in [2.24, 2.45) is 4.99 Å². The van der Waals surface area contributed by atoms with Gasteiger partial charge in [0.05, 0.1) is 12.3 Å². The number of rotatable bonds is 7. The smallest absolute Gasteiger partial charge is 0.365 e. The van der Waals surface area contributed by atoms with Crippen LogP contribution in [0.5, 0.6) is 11.5 Å². The minimum Gasteiger partial charge on any atom is -0.493 e. The molecule has 4 aromatic rings. The topological polar surface area (TPSA) is 73.9 Å². The van der Waals surface area contributed by atoms with Crippen LogP contribution in [0.15, 0.2) is 94.4 Å². The molecule has 4 rings (SSSR count). The van der Waals surface area contributed by atoms with Crippen LogP contribution in [0.2, 0.25) is 0 Å². The summed E-state index contributed by atoms with van der Waals surface area (Å²) in [6, 6.07) is 25.6. The van der Waals surface area contributed by atoms with E-state index >= 15 is 0 Å². The van der Waals surface area contributed by atoms with Crippen LogP contribution in [0.4, 0.5) is 5.69 Å². The number of carbonyl (C=O) groups is 1. The van der Waals surface area contributed by atoms with E-state index in [9.17, 15) is 4.79 Å². The largest absolute Gasteiger partial charge is 0.493 e. The van der Waals surface area contributed by atoms with E-state index in [1.54, 1.807) is 36.5 Å². The van der Waals surface area contributed by atoms with Gasteiger partial charge in [0.2, 0.25) is 0 Å². The normalized spacial score (nSPS) is 10.9. The third kappa shape index (κ3) is 5.05. The summed E-state index contributed by atoms with van der Waals surface area (Å²) in [5.74, 6) is 1.09. The van der Waals surface area contributed by atoms with Gasteiger partial charge < -0.3 is 14.0 Å². The van der Waals surface area contributed by atoms with E-state index in [0.29, 0.717) is 18.1 Å². The predicted molar refractivity (Wildman–Crippen MR) is 118 cm³/mol. The minimum atomic E-state index is -0.590. The van der Waals surface area contributed by atoms with Gasteiger partial charge in [-0.1, -0.05) is 47.6 Å². The van der Waals surface area contributed by atoms with Crippen LogP contribution >= 0.6 is 0 Å². The lowest BCUT2D eigenvalue weighted by Gasteiger charge is -2.06. The number of ether oxygens (including phenoxy) is 2. The van der Waals surface area contributed by atoms with Gasteiger partial charge in [-0.2, -0.15) is 0 Å². The maximum absolute atomic E-state index is 12.4. The van der Waals surface area contributed by atoms with Crippen molar-refractivity contribution in [1.82, 2.24) is 5.16 Å². The van der Waals surface area contributed by atoms with E-state index in [1.807, 2.05) is 61.5 Å². The van der Waals surface area contributed by atoms with E-state index in [1.165, 1.54) is 0 Å². The second kappa shape index (κ2) is 9.54. The summed E-state index contributed by atoms with van der Waals surface area (Å²) in [4.78, 5) is 16.8. The molecular formula is C25H20N2O4. The first-order valence-corrected chi connectivity index (χ1v) is 9.83. The minimum absolute atomic E-state index is 0.105. The quantitative estimate of drug-likeness (QED) is 0.221. The average molecular weight is 412 g/mol. The fourth-order valence-electron chi connectivity index (χ4n) is 2.89. The Kier molecular flexibility index (Phi) is 6.18. The lowest BCUT2D eigenvalue weighted by Crippen LogP contribution is -2.08. The lowest BCUT2D eigenvalue weighted by atomic mass is 10.2. The van der Waals surface area contributed by atoms with Crippen molar-refractivity contribution in [2.45, 2.75) is 6.92 Å². The van der Waals surface area contributed by atoms with Gasteiger partial charge in [0, 0.05) is 23.4 Å². The van der Waals surface area contributed by atoms with Crippen LogP contribution in [-0.4, -0.2) is 23.9 Å². The molecule has 0 fully saturated rings. The molecule has 0 saturated heterocycles. The predicted octanol–water partition coefficient (Wildman–Crippen LogP) is 5.71. The third-order valence-electron chi connectivity index (χ3n) is 4.40. The van der Waals surface area contributed by atoms with Gasteiger partial charge in [-0.15, -0.1) is 0 Å². The molecule has 0 aliphatic carbocycles. The van der Waals surface area contributed by atoms with Gasteiger partial charge >= 0.3 is 5.97 Å². The Balaban J connectivity index is 1.41. The highest BCUT2D eigenvalue weighted by atomic mass is 16.5. The Morgan fingerprint density at radius 3 is 2.52 bits per heavy atom. The van der Waals surface area contributed by atoms with E-state index in [0.717, 1.165) is 22.6 Å². The summed E-state index contributed by atoms with van der Waals surface area (Å²) in [5.41, 5.74) is 2.55. The summed E-state index contributed by atoms with van der Waals surface area (Å²) in [7, 11) is 0. The molecule has 3 aromatic carbocycles. The van der Waals surface area contributed by atoms with Crippen LogP contribution in [0.25, 0.3) is 11.3 Å². The van der Waals surface area contributed by atoms with Gasteiger partial charge in [-0.25, -0.2) is 4.79 Å². The highest BCUT2D eigenvalue weighted by Crippen LogP contribution is 2.23. The van der Waals surface area contributed by atoms with E-state index in [4.69, 9.17) is 14.0 Å². The van der Waals surface area contributed by atoms with Crippen LogP contribution < -0.4 is 9.47 Å². The van der Waals surface area contributed by atoms with E-state index in [2.05, 4.69) is 10.1 Å². The Morgan fingerprint density at radius 2 is 1.74 bits per heavy atom. The standard InChI is InChI=1S/C25H20N2O4/c1-2-29-23-11-7-6-10-19(23)17-26-20-12-14-21(15-13-20)30-25(28)22-16-24(31-27-22)18-8-4-3-5-9-18/h3-17H,2H2,1H3. The summed E-state index contributed by atoms with van der Waals surface area (Å²) < 4.78 is 16.2. The second-order valence-electron chi connectivity index (χ2n) is 6.55. The Hall–Kier alpha value is -4.19. The molecule has 0 aliphatic heterocycles. The fraction of sp³-hybridized carbons (Fsp3) is 0.0800. The fourth-order valence-corrected chi connectivity index (χ4v) is 2.89. The average Bonchev–Trinajstić information content (AvgIpc) is 3.31. The molecule has 154 valence electrons. The number of hydrogen-bond donors (Lipinski definition) is 0. The third-order valence-corrected chi connectivity index (χ3v) is 4.40. The monoisotopic (exact) mass is 412 g/mol. The second-order valence-corrected chi connectivity index (χ2v) is 6.55. The molecule has 0 spiro atoms. The molecule has 0 amide bonds. The molecule has 6 heteroatoms. The van der Waals surface area contributed by atoms with Crippen LogP contribution in [-0.2, 0) is 0 Å². The molecule has 0 aliphatic rings. The molecule has 1 heterocycles. The molecule has 31 heavy (non-hydrogen) atoms. The summed E-state index contributed by atoms with van der Waals surface area (Å²) >= 11 is 0. The van der Waals surface area contributed by atoms with Crippen molar-refractivity contribution in [1.29, 1.82) is 0 Å². The van der Waals surface area contributed by atoms with Crippen molar-refractivity contribution < 1.29 is 18.8 Å². The number of aromatic nitrogens is 1. The molecule has 0 unspecified atom stereocenters. The van der Waals surface area contributed by atoms with Crippen LogP contribution in [0, 0.1) is 0 Å². The molecule has 0 atom stereocenters. The van der Waals surface area contributed by atoms with E-state index < -0.39 is 5.97 Å². The number of hydrogen-bond acceptors (Lipinski definition) is 6. The Morgan fingerprint density at radius 1 is 1.00 bits per heavy atom. The number of aliphatic imine (C=N–C) groups is 1. The Bertz CT molecular complexity index is 1180. The summed E-state index contributed by atoms with van der Waals surface area (Å²) in [6.45, 7) is 2.53. The number of carbonyl (C=O) groups excluding carboxylic acids is 1. The zero-order chi connectivity index (χ0) is 21.5. The highest BCUT2D eigenvalue weighted by molar-refractivity contribution is 5.90. The first kappa shape index (κ1) is 20.1. The maximum atomic E-state index is 12.4. The van der Waals surface area contributed by atoms with Gasteiger partial charge in [0.15, 0.2) is 11.5 Å². The van der Waals surface area contributed by atoms with Crippen molar-refractivity contribution in [3.63, 3.8) is 0 Å². The van der Waals surface area contributed by atoms with Gasteiger partial charge in [0.25, 0.3) is 0 Å². The highest BCUT2D eigenvalue weighted by Gasteiger charge is 2.16. The van der Waals surface area contributed by atoms with Crippen LogP contribution in [0.1, 0.15) is 23.0 Å². The van der Waals surface area contributed by atoms with Gasteiger partial charge in [-0.05, 0) is 43.3 Å². The summed E-state index contributed by atoms with van der Waals surface area (Å²) in [5, 5.41) is 3.81. The molecule has 0 saturated carbocycles. The maximum Gasteiger partial charge on any atom is 0.365 e. The molecule has 0 radical (unpaired) electrons. The molecule has 1 aromatic heterocycles. The number of nitrogens with zero attached hydrogens (tertiary/aromatic N) is 2. The number of benzene rings is 3. The van der Waals surface area contributed by atoms with Crippen molar-refractivity contribution >= 4 is 17.9 Å². The first-order valence-electron chi connectivity index (χ1n) is 9.83. The van der Waals surface area contributed by atoms with Crippen molar-refractivity contribution in [2.75, 3.05) is 6.61 Å². The number of para-hydroxylation sites is 1. The molecular weight excluding hydrogens is 392 g/mol. The zero-order valence-electron chi connectivity index (χ0n) is 16.9.